The molecule has 8 heteroatoms. The number of nitrogens with one attached hydrogen (secondary N) is 2. The van der Waals surface area contributed by atoms with E-state index >= 15 is 0 Å². The van der Waals surface area contributed by atoms with Crippen LogP contribution in [0.25, 0.3) is 0 Å². The molecule has 0 saturated carbocycles. The highest BCUT2D eigenvalue weighted by Crippen LogP contribution is 2.29. The van der Waals surface area contributed by atoms with Crippen molar-refractivity contribution < 1.29 is 17.6 Å². The molecule has 0 aliphatic rings. The van der Waals surface area contributed by atoms with Crippen LogP contribution < -0.4 is 10.6 Å². The van der Waals surface area contributed by atoms with Gasteiger partial charge in [-0.05, 0) is 54.4 Å². The largest absolute Gasteiger partial charge is 0.336 e. The van der Waals surface area contributed by atoms with Crippen molar-refractivity contribution in [3.63, 3.8) is 0 Å². The maximum Gasteiger partial charge on any atom is 0.319 e. The Balaban J connectivity index is 1.85. The number of amides is 2. The predicted molar refractivity (Wildman–Crippen MR) is 109 cm³/mol. The number of rotatable bonds is 6. The van der Waals surface area contributed by atoms with Gasteiger partial charge in [-0.15, -0.1) is 0 Å². The molecular weight excluding hydrogens is 393 g/mol. The Hall–Kier alpha value is -3.26. The fourth-order valence-electron chi connectivity index (χ4n) is 2.81. The molecule has 0 fully saturated rings. The highest BCUT2D eigenvalue weighted by molar-refractivity contribution is 7.91. The molecule has 29 heavy (non-hydrogen) atoms. The lowest BCUT2D eigenvalue weighted by atomic mass is 10.2. The monoisotopic (exact) mass is 413 g/mol. The molecule has 3 aromatic rings. The van der Waals surface area contributed by atoms with E-state index < -0.39 is 26.9 Å². The molecule has 1 heterocycles. The first-order valence-electron chi connectivity index (χ1n) is 8.88. The lowest BCUT2D eigenvalue weighted by Crippen LogP contribution is -2.35. The molecule has 2 N–H and O–H groups in total. The normalized spacial score (nSPS) is 12.2. The number of pyridine rings is 1. The summed E-state index contributed by atoms with van der Waals surface area (Å²) in [7, 11) is -3.91. The standard InChI is InChI=1S/C21H20FN3O3S/c1-15-12-18(9-10-19(15)22)29(27,28)20(16-6-5-11-23-13-16)14-24-21(26)25-17-7-3-2-4-8-17/h2-13,20H,14H2,1H3,(H2,24,25,26)/t20-/m1/s1. The lowest BCUT2D eigenvalue weighted by molar-refractivity contribution is 0.252. The van der Waals surface area contributed by atoms with E-state index in [1.807, 2.05) is 6.07 Å². The summed E-state index contributed by atoms with van der Waals surface area (Å²) in [6.07, 6.45) is 2.97. The summed E-state index contributed by atoms with van der Waals surface area (Å²) in [6, 6.07) is 15.2. The van der Waals surface area contributed by atoms with E-state index in [9.17, 15) is 17.6 Å². The number of carbonyl (C=O) groups is 1. The second-order valence-corrected chi connectivity index (χ2v) is 8.56. The van der Waals surface area contributed by atoms with Crippen LogP contribution in [-0.4, -0.2) is 26.0 Å². The number of benzene rings is 2. The number of hydrogen-bond donors (Lipinski definition) is 2. The minimum atomic E-state index is -3.91. The van der Waals surface area contributed by atoms with Gasteiger partial charge in [0.25, 0.3) is 0 Å². The fraction of sp³-hybridized carbons (Fsp3) is 0.143. The first-order chi connectivity index (χ1) is 13.9. The molecule has 1 atom stereocenters. The summed E-state index contributed by atoms with van der Waals surface area (Å²) in [4.78, 5) is 16.2. The van der Waals surface area contributed by atoms with Crippen LogP contribution in [0.1, 0.15) is 16.4 Å². The average molecular weight is 413 g/mol. The zero-order valence-corrected chi connectivity index (χ0v) is 16.5. The third kappa shape index (κ3) is 4.97. The molecule has 0 aliphatic carbocycles. The SMILES string of the molecule is Cc1cc(S(=O)(=O)[C@H](CNC(=O)Nc2ccccc2)c2cccnc2)ccc1F. The maximum absolute atomic E-state index is 13.6. The summed E-state index contributed by atoms with van der Waals surface area (Å²) >= 11 is 0. The van der Waals surface area contributed by atoms with Crippen molar-refractivity contribution in [2.24, 2.45) is 0 Å². The molecule has 0 unspecified atom stereocenters. The Morgan fingerprint density at radius 3 is 2.52 bits per heavy atom. The van der Waals surface area contributed by atoms with E-state index in [0.717, 1.165) is 6.07 Å². The summed E-state index contributed by atoms with van der Waals surface area (Å²) in [5.74, 6) is -0.484. The number of aryl methyl sites for hydroxylation is 1. The fourth-order valence-corrected chi connectivity index (χ4v) is 4.54. The third-order valence-corrected chi connectivity index (χ3v) is 6.47. The second kappa shape index (κ2) is 8.83. The van der Waals surface area contributed by atoms with E-state index in [4.69, 9.17) is 0 Å². The van der Waals surface area contributed by atoms with Gasteiger partial charge in [-0.3, -0.25) is 4.98 Å². The zero-order valence-electron chi connectivity index (χ0n) is 15.7. The number of nitrogens with zero attached hydrogens (tertiary/aromatic N) is 1. The average Bonchev–Trinajstić information content (AvgIpc) is 2.71. The minimum Gasteiger partial charge on any atom is -0.336 e. The Labute approximate surface area is 168 Å². The van der Waals surface area contributed by atoms with Gasteiger partial charge in [-0.25, -0.2) is 17.6 Å². The van der Waals surface area contributed by atoms with Gasteiger partial charge in [-0.1, -0.05) is 24.3 Å². The summed E-state index contributed by atoms with van der Waals surface area (Å²) in [6.45, 7) is 1.32. The Kier molecular flexibility index (Phi) is 6.23. The molecule has 150 valence electrons. The van der Waals surface area contributed by atoms with E-state index in [2.05, 4.69) is 15.6 Å². The molecule has 2 aromatic carbocycles. The second-order valence-electron chi connectivity index (χ2n) is 6.43. The molecule has 0 radical (unpaired) electrons. The third-order valence-electron chi connectivity index (χ3n) is 4.37. The predicted octanol–water partition coefficient (Wildman–Crippen LogP) is 3.87. The van der Waals surface area contributed by atoms with Crippen molar-refractivity contribution >= 4 is 21.6 Å². The first-order valence-corrected chi connectivity index (χ1v) is 10.4. The Morgan fingerprint density at radius 2 is 1.86 bits per heavy atom. The van der Waals surface area contributed by atoms with Crippen LogP contribution in [0, 0.1) is 12.7 Å². The lowest BCUT2D eigenvalue weighted by Gasteiger charge is -2.19. The smallest absolute Gasteiger partial charge is 0.319 e. The van der Waals surface area contributed by atoms with E-state index in [0.29, 0.717) is 11.3 Å². The molecule has 3 rings (SSSR count). The van der Waals surface area contributed by atoms with E-state index in [1.165, 1.54) is 31.5 Å². The molecule has 6 nitrogen and oxygen atoms in total. The van der Waals surface area contributed by atoms with Crippen molar-refractivity contribution in [2.45, 2.75) is 17.1 Å². The highest BCUT2D eigenvalue weighted by Gasteiger charge is 2.30. The van der Waals surface area contributed by atoms with Gasteiger partial charge in [0.1, 0.15) is 11.1 Å². The van der Waals surface area contributed by atoms with Crippen LogP contribution in [0.2, 0.25) is 0 Å². The van der Waals surface area contributed by atoms with Crippen molar-refractivity contribution in [3.05, 3.63) is 90.0 Å². The van der Waals surface area contributed by atoms with Crippen LogP contribution in [0.5, 0.6) is 0 Å². The molecule has 0 saturated heterocycles. The number of sulfone groups is 1. The van der Waals surface area contributed by atoms with Crippen molar-refractivity contribution in [2.75, 3.05) is 11.9 Å². The molecular formula is C21H20FN3O3S. The van der Waals surface area contributed by atoms with Gasteiger partial charge in [0.2, 0.25) is 0 Å². The van der Waals surface area contributed by atoms with Gasteiger partial charge in [-0.2, -0.15) is 0 Å². The summed E-state index contributed by atoms with van der Waals surface area (Å²) in [5, 5.41) is 4.17. The number of hydrogen-bond acceptors (Lipinski definition) is 4. The Bertz CT molecular complexity index is 1090. The quantitative estimate of drug-likeness (QED) is 0.601. The van der Waals surface area contributed by atoms with Crippen molar-refractivity contribution in [1.82, 2.24) is 10.3 Å². The number of carbonyl (C=O) groups excluding carboxylic acids is 1. The topological polar surface area (TPSA) is 88.2 Å². The van der Waals surface area contributed by atoms with E-state index in [1.54, 1.807) is 36.4 Å². The van der Waals surface area contributed by atoms with Crippen LogP contribution in [0.15, 0.2) is 78.0 Å². The Morgan fingerprint density at radius 1 is 1.10 bits per heavy atom. The number of para-hydroxylation sites is 1. The molecule has 0 bridgehead atoms. The van der Waals surface area contributed by atoms with Gasteiger partial charge in [0.15, 0.2) is 9.84 Å². The van der Waals surface area contributed by atoms with Gasteiger partial charge in [0, 0.05) is 24.6 Å². The number of aromatic nitrogens is 1. The van der Waals surface area contributed by atoms with E-state index in [-0.39, 0.29) is 17.0 Å². The van der Waals surface area contributed by atoms with Crippen LogP contribution in [0.4, 0.5) is 14.9 Å². The zero-order chi connectivity index (χ0) is 20.9. The van der Waals surface area contributed by atoms with Crippen LogP contribution in [-0.2, 0) is 9.84 Å². The molecule has 2 amide bonds. The highest BCUT2D eigenvalue weighted by atomic mass is 32.2. The maximum atomic E-state index is 13.6. The first kappa shape index (κ1) is 20.5. The van der Waals surface area contributed by atoms with Gasteiger partial charge >= 0.3 is 6.03 Å². The molecule has 0 spiro atoms. The van der Waals surface area contributed by atoms with Crippen LogP contribution in [0.3, 0.4) is 0 Å². The minimum absolute atomic E-state index is 0.0180. The van der Waals surface area contributed by atoms with Crippen molar-refractivity contribution in [1.29, 1.82) is 0 Å². The van der Waals surface area contributed by atoms with Gasteiger partial charge < -0.3 is 10.6 Å². The summed E-state index contributed by atoms with van der Waals surface area (Å²) < 4.78 is 40.1. The number of halogens is 1. The summed E-state index contributed by atoms with van der Waals surface area (Å²) in [5.41, 5.74) is 1.24. The van der Waals surface area contributed by atoms with Crippen molar-refractivity contribution in [3.8, 4) is 0 Å². The van der Waals surface area contributed by atoms with Crippen LogP contribution >= 0.6 is 0 Å². The van der Waals surface area contributed by atoms with Gasteiger partial charge in [0.05, 0.1) is 4.90 Å². The molecule has 0 aliphatic heterocycles. The number of anilines is 1. The number of urea groups is 1. The molecule has 1 aromatic heterocycles.